The summed E-state index contributed by atoms with van der Waals surface area (Å²) in [6.07, 6.45) is 6.32. The molecule has 0 amide bonds. The highest BCUT2D eigenvalue weighted by atomic mass is 19.3. The number of pyridine rings is 2. The van der Waals surface area contributed by atoms with Crippen LogP contribution in [-0.2, 0) is 12.8 Å². The van der Waals surface area contributed by atoms with E-state index in [2.05, 4.69) is 11.1 Å². The molecule has 26 heavy (non-hydrogen) atoms. The van der Waals surface area contributed by atoms with E-state index in [1.165, 1.54) is 0 Å². The number of halogens is 2. The van der Waals surface area contributed by atoms with E-state index in [9.17, 15) is 14.0 Å². The van der Waals surface area contributed by atoms with Crippen LogP contribution in [0.4, 0.5) is 8.78 Å². The molecular formula is C21H21F2N3. The van der Waals surface area contributed by atoms with Gasteiger partial charge in [0.1, 0.15) is 6.07 Å². The Bertz CT molecular complexity index is 891. The lowest BCUT2D eigenvalue weighted by Gasteiger charge is -2.35. The summed E-state index contributed by atoms with van der Waals surface area (Å²) in [6.45, 7) is 1.92. The molecule has 3 nitrogen and oxygen atoms in total. The van der Waals surface area contributed by atoms with Crippen molar-refractivity contribution >= 4 is 0 Å². The normalized spacial score (nSPS) is 19.2. The highest BCUT2D eigenvalue weighted by Crippen LogP contribution is 2.50. The SMILES string of the molecule is Cc1cc(-c2c(C#N)c(C3CC(F)(F)C3)nc3c2CCCCC3)ccn1. The third-order valence-electron chi connectivity index (χ3n) is 5.53. The standard InChI is InChI=1S/C21H21F2N3/c1-13-9-14(7-8-25-13)19-16-5-3-2-4-6-18(16)26-20(17(19)12-24)15-10-21(22,23)11-15/h7-9,15H,2-6,10-11H2,1H3. The maximum atomic E-state index is 13.5. The molecule has 4 rings (SSSR count). The summed E-state index contributed by atoms with van der Waals surface area (Å²) in [4.78, 5) is 9.03. The summed E-state index contributed by atoms with van der Waals surface area (Å²) in [5.41, 5.74) is 5.90. The highest BCUT2D eigenvalue weighted by Gasteiger charge is 2.47. The highest BCUT2D eigenvalue weighted by molar-refractivity contribution is 5.76. The summed E-state index contributed by atoms with van der Waals surface area (Å²) >= 11 is 0. The quantitative estimate of drug-likeness (QED) is 0.705. The van der Waals surface area contributed by atoms with Gasteiger partial charge in [0.15, 0.2) is 0 Å². The van der Waals surface area contributed by atoms with E-state index >= 15 is 0 Å². The number of alkyl halides is 2. The second-order valence-corrected chi connectivity index (χ2v) is 7.49. The van der Waals surface area contributed by atoms with Gasteiger partial charge in [-0.1, -0.05) is 6.42 Å². The maximum Gasteiger partial charge on any atom is 0.249 e. The summed E-state index contributed by atoms with van der Waals surface area (Å²) in [7, 11) is 0. The Balaban J connectivity index is 1.94. The Morgan fingerprint density at radius 1 is 1.19 bits per heavy atom. The van der Waals surface area contributed by atoms with Crippen molar-refractivity contribution in [1.29, 1.82) is 5.26 Å². The lowest BCUT2D eigenvalue weighted by Crippen LogP contribution is -2.35. The van der Waals surface area contributed by atoms with Gasteiger partial charge in [0, 0.05) is 41.9 Å². The van der Waals surface area contributed by atoms with Crippen LogP contribution in [-0.4, -0.2) is 15.9 Å². The van der Waals surface area contributed by atoms with Crippen LogP contribution in [0.5, 0.6) is 0 Å². The summed E-state index contributed by atoms with van der Waals surface area (Å²) in [5.74, 6) is -2.95. The van der Waals surface area contributed by atoms with E-state index in [0.29, 0.717) is 11.3 Å². The summed E-state index contributed by atoms with van der Waals surface area (Å²) in [5, 5.41) is 9.91. The van der Waals surface area contributed by atoms with Gasteiger partial charge in [-0.05, 0) is 55.9 Å². The fraction of sp³-hybridized carbons (Fsp3) is 0.476. The van der Waals surface area contributed by atoms with Crippen molar-refractivity contribution in [2.75, 3.05) is 0 Å². The Hall–Kier alpha value is -2.35. The predicted molar refractivity (Wildman–Crippen MR) is 95.1 cm³/mol. The molecule has 0 radical (unpaired) electrons. The zero-order valence-corrected chi connectivity index (χ0v) is 14.9. The first-order valence-electron chi connectivity index (χ1n) is 9.25. The number of aromatic nitrogens is 2. The number of aryl methyl sites for hydroxylation is 2. The Morgan fingerprint density at radius 2 is 1.96 bits per heavy atom. The molecule has 2 heterocycles. The number of hydrogen-bond donors (Lipinski definition) is 0. The lowest BCUT2D eigenvalue weighted by molar-refractivity contribution is -0.0876. The van der Waals surface area contributed by atoms with E-state index in [0.717, 1.165) is 60.2 Å². The van der Waals surface area contributed by atoms with Crippen molar-refractivity contribution in [3.05, 3.63) is 46.5 Å². The molecule has 0 aromatic carbocycles. The second kappa shape index (κ2) is 6.42. The van der Waals surface area contributed by atoms with E-state index in [1.807, 2.05) is 19.1 Å². The largest absolute Gasteiger partial charge is 0.262 e. The van der Waals surface area contributed by atoms with Crippen LogP contribution in [0.2, 0.25) is 0 Å². The average Bonchev–Trinajstić information content (AvgIpc) is 2.83. The lowest BCUT2D eigenvalue weighted by atomic mass is 9.76. The molecule has 0 spiro atoms. The topological polar surface area (TPSA) is 49.6 Å². The van der Waals surface area contributed by atoms with Gasteiger partial charge in [0.05, 0.1) is 11.3 Å². The number of nitrogens with zero attached hydrogens (tertiary/aromatic N) is 3. The van der Waals surface area contributed by atoms with Crippen molar-refractivity contribution in [2.45, 2.75) is 63.7 Å². The summed E-state index contributed by atoms with van der Waals surface area (Å²) < 4.78 is 26.9. The molecule has 0 unspecified atom stereocenters. The smallest absolute Gasteiger partial charge is 0.249 e. The maximum absolute atomic E-state index is 13.5. The third-order valence-corrected chi connectivity index (χ3v) is 5.53. The Morgan fingerprint density at radius 3 is 2.65 bits per heavy atom. The molecule has 5 heteroatoms. The molecule has 2 aromatic heterocycles. The Kier molecular flexibility index (Phi) is 4.22. The van der Waals surface area contributed by atoms with Gasteiger partial charge in [-0.3, -0.25) is 9.97 Å². The van der Waals surface area contributed by atoms with Gasteiger partial charge < -0.3 is 0 Å². The monoisotopic (exact) mass is 353 g/mol. The van der Waals surface area contributed by atoms with E-state index in [4.69, 9.17) is 4.98 Å². The van der Waals surface area contributed by atoms with Crippen molar-refractivity contribution in [2.24, 2.45) is 0 Å². The zero-order chi connectivity index (χ0) is 18.3. The first-order valence-corrected chi connectivity index (χ1v) is 9.25. The molecule has 0 N–H and O–H groups in total. The first-order chi connectivity index (χ1) is 12.5. The van der Waals surface area contributed by atoms with Crippen LogP contribution in [0, 0.1) is 18.3 Å². The first kappa shape index (κ1) is 17.1. The van der Waals surface area contributed by atoms with Crippen molar-refractivity contribution in [1.82, 2.24) is 9.97 Å². The minimum Gasteiger partial charge on any atom is -0.262 e. The minimum absolute atomic E-state index is 0.206. The molecule has 0 atom stereocenters. The van der Waals surface area contributed by atoms with Crippen LogP contribution >= 0.6 is 0 Å². The molecule has 0 aliphatic heterocycles. The van der Waals surface area contributed by atoms with Crippen LogP contribution in [0.15, 0.2) is 18.3 Å². The van der Waals surface area contributed by atoms with Crippen LogP contribution in [0.25, 0.3) is 11.1 Å². The molecular weight excluding hydrogens is 332 g/mol. The molecule has 2 aliphatic rings. The minimum atomic E-state index is -2.63. The van der Waals surface area contributed by atoms with Crippen LogP contribution < -0.4 is 0 Å². The third kappa shape index (κ3) is 2.98. The van der Waals surface area contributed by atoms with E-state index in [1.54, 1.807) is 6.20 Å². The predicted octanol–water partition coefficient (Wildman–Crippen LogP) is 5.11. The van der Waals surface area contributed by atoms with Gasteiger partial charge in [-0.15, -0.1) is 0 Å². The molecule has 1 fully saturated rings. The molecule has 2 aromatic rings. The fourth-order valence-corrected chi connectivity index (χ4v) is 4.22. The fourth-order valence-electron chi connectivity index (χ4n) is 4.22. The van der Waals surface area contributed by atoms with Crippen LogP contribution in [0.3, 0.4) is 0 Å². The van der Waals surface area contributed by atoms with E-state index < -0.39 is 5.92 Å². The van der Waals surface area contributed by atoms with Gasteiger partial charge in [0.25, 0.3) is 0 Å². The number of hydrogen-bond acceptors (Lipinski definition) is 3. The number of fused-ring (bicyclic) bond motifs is 1. The number of nitriles is 1. The number of rotatable bonds is 2. The summed E-state index contributed by atoms with van der Waals surface area (Å²) in [6, 6.07) is 6.18. The van der Waals surface area contributed by atoms with Gasteiger partial charge in [-0.2, -0.15) is 5.26 Å². The van der Waals surface area contributed by atoms with Crippen molar-refractivity contribution in [3.8, 4) is 17.2 Å². The molecule has 0 bridgehead atoms. The van der Waals surface area contributed by atoms with Gasteiger partial charge >= 0.3 is 0 Å². The zero-order valence-electron chi connectivity index (χ0n) is 14.9. The van der Waals surface area contributed by atoms with Gasteiger partial charge in [0.2, 0.25) is 5.92 Å². The van der Waals surface area contributed by atoms with Crippen molar-refractivity contribution < 1.29 is 8.78 Å². The molecule has 2 aliphatic carbocycles. The van der Waals surface area contributed by atoms with Crippen molar-refractivity contribution in [3.63, 3.8) is 0 Å². The molecule has 0 saturated heterocycles. The molecule has 134 valence electrons. The molecule has 1 saturated carbocycles. The van der Waals surface area contributed by atoms with Gasteiger partial charge in [-0.25, -0.2) is 8.78 Å². The average molecular weight is 353 g/mol. The second-order valence-electron chi connectivity index (χ2n) is 7.49. The Labute approximate surface area is 152 Å². The van der Waals surface area contributed by atoms with Crippen LogP contribution in [0.1, 0.15) is 66.2 Å². The van der Waals surface area contributed by atoms with E-state index in [-0.39, 0.29) is 18.8 Å².